The van der Waals surface area contributed by atoms with Crippen LogP contribution in [0.4, 0.5) is 0 Å². The van der Waals surface area contributed by atoms with Crippen LogP contribution >= 0.6 is 0 Å². The molecule has 0 bridgehead atoms. The third-order valence-corrected chi connectivity index (χ3v) is 4.10. The summed E-state index contributed by atoms with van der Waals surface area (Å²) >= 11 is 0. The highest BCUT2D eigenvalue weighted by Crippen LogP contribution is 2.52. The molecule has 4 aliphatic rings. The standard InChI is InChI=1S/C13H12O3/c14-12-2-10-6-16-7-13(10)3-9-5-15-4-8(9)1-11(12)13/h1-3,11H,4-7H2. The summed E-state index contributed by atoms with van der Waals surface area (Å²) in [6.45, 7) is 2.59. The lowest BCUT2D eigenvalue weighted by Gasteiger charge is -2.31. The highest BCUT2D eigenvalue weighted by molar-refractivity contribution is 5.99. The Bertz CT molecular complexity index is 483. The number of rotatable bonds is 0. The summed E-state index contributed by atoms with van der Waals surface area (Å²) in [4.78, 5) is 12.0. The van der Waals surface area contributed by atoms with Crippen molar-refractivity contribution in [1.29, 1.82) is 0 Å². The number of ketones is 1. The zero-order chi connectivity index (χ0) is 10.8. The Balaban J connectivity index is 1.91. The van der Waals surface area contributed by atoms with Gasteiger partial charge in [-0.2, -0.15) is 0 Å². The van der Waals surface area contributed by atoms with E-state index in [9.17, 15) is 4.79 Å². The second-order valence-corrected chi connectivity index (χ2v) is 4.94. The van der Waals surface area contributed by atoms with Crippen molar-refractivity contribution in [2.45, 2.75) is 0 Å². The molecule has 0 radical (unpaired) electrons. The predicted molar refractivity (Wildman–Crippen MR) is 56.8 cm³/mol. The molecule has 0 amide bonds. The smallest absolute Gasteiger partial charge is 0.163 e. The minimum atomic E-state index is -0.163. The minimum Gasteiger partial charge on any atom is -0.376 e. The van der Waals surface area contributed by atoms with Gasteiger partial charge in [0.05, 0.1) is 32.3 Å². The number of hydrogen-bond donors (Lipinski definition) is 0. The molecule has 0 N–H and O–H groups in total. The molecule has 16 heavy (non-hydrogen) atoms. The SMILES string of the molecule is O=C1C=C2COCC23C=C2COCC2=CC13. The number of allylic oxidation sites excluding steroid dienone is 2. The van der Waals surface area contributed by atoms with Crippen molar-refractivity contribution in [3.05, 3.63) is 34.9 Å². The van der Waals surface area contributed by atoms with Crippen molar-refractivity contribution in [3.63, 3.8) is 0 Å². The fourth-order valence-electron chi connectivity index (χ4n) is 3.25. The van der Waals surface area contributed by atoms with Gasteiger partial charge in [0, 0.05) is 5.41 Å². The van der Waals surface area contributed by atoms with Gasteiger partial charge >= 0.3 is 0 Å². The van der Waals surface area contributed by atoms with Crippen molar-refractivity contribution in [2.75, 3.05) is 26.4 Å². The number of ether oxygens (including phenoxy) is 2. The van der Waals surface area contributed by atoms with Crippen LogP contribution in [0, 0.1) is 11.3 Å². The van der Waals surface area contributed by atoms with E-state index in [2.05, 4.69) is 12.2 Å². The van der Waals surface area contributed by atoms with Gasteiger partial charge in [0.2, 0.25) is 0 Å². The summed E-state index contributed by atoms with van der Waals surface area (Å²) in [5, 5.41) is 0. The van der Waals surface area contributed by atoms with Crippen LogP contribution in [0.1, 0.15) is 0 Å². The van der Waals surface area contributed by atoms with Gasteiger partial charge in [0.15, 0.2) is 5.78 Å². The van der Waals surface area contributed by atoms with Gasteiger partial charge in [-0.3, -0.25) is 4.79 Å². The molecule has 0 aromatic carbocycles. The van der Waals surface area contributed by atoms with Gasteiger partial charge in [-0.1, -0.05) is 12.2 Å². The Morgan fingerprint density at radius 3 is 3.00 bits per heavy atom. The highest BCUT2D eigenvalue weighted by Gasteiger charge is 2.52. The molecule has 2 atom stereocenters. The molecule has 0 aromatic rings. The van der Waals surface area contributed by atoms with E-state index in [0.29, 0.717) is 26.4 Å². The molecular weight excluding hydrogens is 204 g/mol. The molecule has 2 saturated heterocycles. The summed E-state index contributed by atoms with van der Waals surface area (Å²) < 4.78 is 11.0. The molecule has 2 aliphatic carbocycles. The second kappa shape index (κ2) is 2.73. The third-order valence-electron chi connectivity index (χ3n) is 4.10. The Morgan fingerprint density at radius 1 is 1.19 bits per heavy atom. The van der Waals surface area contributed by atoms with Crippen LogP contribution in [0.15, 0.2) is 34.9 Å². The lowest BCUT2D eigenvalue weighted by molar-refractivity contribution is -0.118. The summed E-state index contributed by atoms with van der Waals surface area (Å²) in [6.07, 6.45) is 6.11. The van der Waals surface area contributed by atoms with Gasteiger partial charge < -0.3 is 9.47 Å². The Morgan fingerprint density at radius 2 is 2.06 bits per heavy atom. The predicted octanol–water partition coefficient (Wildman–Crippen LogP) is 1.02. The van der Waals surface area contributed by atoms with Crippen molar-refractivity contribution < 1.29 is 14.3 Å². The van der Waals surface area contributed by atoms with Crippen LogP contribution in [0.2, 0.25) is 0 Å². The van der Waals surface area contributed by atoms with Gasteiger partial charge in [0.25, 0.3) is 0 Å². The normalized spacial score (nSPS) is 39.9. The van der Waals surface area contributed by atoms with Crippen molar-refractivity contribution in [2.24, 2.45) is 11.3 Å². The molecular formula is C13H12O3. The van der Waals surface area contributed by atoms with E-state index in [1.807, 2.05) is 0 Å². The topological polar surface area (TPSA) is 35.5 Å². The maximum Gasteiger partial charge on any atom is 0.163 e. The van der Waals surface area contributed by atoms with E-state index in [1.165, 1.54) is 11.1 Å². The molecule has 2 unspecified atom stereocenters. The molecule has 2 fully saturated rings. The molecule has 82 valence electrons. The quantitative estimate of drug-likeness (QED) is 0.606. The average molecular weight is 216 g/mol. The lowest BCUT2D eigenvalue weighted by atomic mass is 9.70. The van der Waals surface area contributed by atoms with Crippen LogP contribution < -0.4 is 0 Å². The first-order valence-corrected chi connectivity index (χ1v) is 5.63. The van der Waals surface area contributed by atoms with E-state index >= 15 is 0 Å². The van der Waals surface area contributed by atoms with E-state index < -0.39 is 0 Å². The maximum atomic E-state index is 12.0. The van der Waals surface area contributed by atoms with Gasteiger partial charge in [0.1, 0.15) is 0 Å². The number of fused-ring (bicyclic) bond motifs is 1. The van der Waals surface area contributed by atoms with Crippen LogP contribution in [-0.2, 0) is 14.3 Å². The van der Waals surface area contributed by atoms with E-state index in [4.69, 9.17) is 9.47 Å². The zero-order valence-electron chi connectivity index (χ0n) is 8.86. The molecule has 2 aliphatic heterocycles. The van der Waals surface area contributed by atoms with Crippen LogP contribution in [0.3, 0.4) is 0 Å². The highest BCUT2D eigenvalue weighted by atomic mass is 16.5. The van der Waals surface area contributed by atoms with Crippen molar-refractivity contribution in [3.8, 4) is 0 Å². The molecule has 4 rings (SSSR count). The Kier molecular flexibility index (Phi) is 1.52. The summed E-state index contributed by atoms with van der Waals surface area (Å²) in [7, 11) is 0. The molecule has 0 saturated carbocycles. The largest absolute Gasteiger partial charge is 0.376 e. The second-order valence-electron chi connectivity index (χ2n) is 4.94. The first kappa shape index (κ1) is 8.90. The fraction of sp³-hybridized carbons (Fsp3) is 0.462. The van der Waals surface area contributed by atoms with Crippen LogP contribution in [0.25, 0.3) is 0 Å². The average Bonchev–Trinajstić information content (AvgIpc) is 2.90. The van der Waals surface area contributed by atoms with Gasteiger partial charge in [-0.25, -0.2) is 0 Å². The monoisotopic (exact) mass is 216 g/mol. The first-order chi connectivity index (χ1) is 7.79. The number of carbonyl (C=O) groups is 1. The first-order valence-electron chi connectivity index (χ1n) is 5.63. The molecule has 3 nitrogen and oxygen atoms in total. The lowest BCUT2D eigenvalue weighted by Crippen LogP contribution is -2.32. The number of hydrogen-bond acceptors (Lipinski definition) is 3. The number of carbonyl (C=O) groups excluding carboxylic acids is 1. The van der Waals surface area contributed by atoms with E-state index in [1.54, 1.807) is 6.08 Å². The Labute approximate surface area is 93.4 Å². The summed E-state index contributed by atoms with van der Waals surface area (Å²) in [6, 6.07) is 0. The van der Waals surface area contributed by atoms with Crippen LogP contribution in [-0.4, -0.2) is 32.2 Å². The summed E-state index contributed by atoms with van der Waals surface area (Å²) in [5.74, 6) is 0.193. The minimum absolute atomic E-state index is 0.0366. The van der Waals surface area contributed by atoms with E-state index in [-0.39, 0.29) is 17.1 Å². The van der Waals surface area contributed by atoms with Gasteiger partial charge in [-0.05, 0) is 22.8 Å². The summed E-state index contributed by atoms with van der Waals surface area (Å²) in [5.41, 5.74) is 3.44. The third kappa shape index (κ3) is 0.890. The van der Waals surface area contributed by atoms with Crippen molar-refractivity contribution in [1.82, 2.24) is 0 Å². The molecule has 2 heterocycles. The van der Waals surface area contributed by atoms with Crippen molar-refractivity contribution >= 4 is 5.78 Å². The maximum absolute atomic E-state index is 12.0. The molecule has 0 aromatic heterocycles. The van der Waals surface area contributed by atoms with Crippen LogP contribution in [0.5, 0.6) is 0 Å². The Hall–Kier alpha value is -1.19. The van der Waals surface area contributed by atoms with E-state index in [0.717, 1.165) is 5.57 Å². The molecule has 1 spiro atoms. The zero-order valence-corrected chi connectivity index (χ0v) is 8.86. The van der Waals surface area contributed by atoms with Gasteiger partial charge in [-0.15, -0.1) is 0 Å². The molecule has 3 heteroatoms. The fourth-order valence-corrected chi connectivity index (χ4v) is 3.25.